The topological polar surface area (TPSA) is 41.6 Å². The first-order valence-electron chi connectivity index (χ1n) is 7.64. The van der Waals surface area contributed by atoms with Gasteiger partial charge in [-0.15, -0.1) is 11.8 Å². The minimum absolute atomic E-state index is 0.0837. The minimum atomic E-state index is -0.597. The number of hydrogen-bond donors (Lipinski definition) is 1. The molecule has 21 heavy (non-hydrogen) atoms. The number of thioether (sulfide) groups is 1. The number of esters is 1. The normalized spacial score (nSPS) is 26.1. The quantitative estimate of drug-likeness (QED) is 0.863. The van der Waals surface area contributed by atoms with E-state index in [0.717, 1.165) is 43.9 Å². The van der Waals surface area contributed by atoms with Crippen LogP contribution in [-0.4, -0.2) is 49.4 Å². The van der Waals surface area contributed by atoms with E-state index in [1.54, 1.807) is 0 Å². The zero-order valence-electron chi connectivity index (χ0n) is 12.4. The third-order valence-electron chi connectivity index (χ3n) is 4.32. The number of carbonyl (C=O) groups excluding carboxylic acids is 1. The van der Waals surface area contributed by atoms with Crippen LogP contribution >= 0.6 is 11.8 Å². The number of carbonyl (C=O) groups is 1. The van der Waals surface area contributed by atoms with Crippen LogP contribution in [-0.2, 0) is 15.1 Å². The van der Waals surface area contributed by atoms with Crippen molar-refractivity contribution in [2.75, 3.05) is 38.5 Å². The Morgan fingerprint density at radius 3 is 2.90 bits per heavy atom. The summed E-state index contributed by atoms with van der Waals surface area (Å²) in [4.78, 5) is 16.4. The first-order valence-corrected chi connectivity index (χ1v) is 8.63. The van der Waals surface area contributed by atoms with Gasteiger partial charge in [0.05, 0.1) is 6.61 Å². The standard InChI is InChI=1S/C16H22N2O2S/c1-2-20-15(19)16(18-10-8-17-9-11-18)7-12-21-14-6-4-3-5-13(14)16/h3-6,17H,2,7-12H2,1H3. The lowest BCUT2D eigenvalue weighted by molar-refractivity contribution is -0.160. The maximum Gasteiger partial charge on any atom is 0.331 e. The van der Waals surface area contributed by atoms with Crippen LogP contribution < -0.4 is 5.32 Å². The molecule has 2 aliphatic heterocycles. The molecule has 1 aromatic carbocycles. The van der Waals surface area contributed by atoms with Gasteiger partial charge in [0.2, 0.25) is 0 Å². The summed E-state index contributed by atoms with van der Waals surface area (Å²) in [6.45, 7) is 5.94. The molecule has 1 unspecified atom stereocenters. The van der Waals surface area contributed by atoms with E-state index in [2.05, 4.69) is 22.3 Å². The Labute approximate surface area is 130 Å². The molecule has 0 bridgehead atoms. The highest BCUT2D eigenvalue weighted by Crippen LogP contribution is 2.44. The molecule has 0 aromatic heterocycles. The molecule has 5 heteroatoms. The predicted octanol–water partition coefficient (Wildman–Crippen LogP) is 1.85. The number of nitrogens with one attached hydrogen (secondary N) is 1. The zero-order valence-corrected chi connectivity index (χ0v) is 13.2. The SMILES string of the molecule is CCOC(=O)C1(N2CCNCC2)CCSc2ccccc21. The van der Waals surface area contributed by atoms with Crippen molar-refractivity contribution >= 4 is 17.7 Å². The van der Waals surface area contributed by atoms with Gasteiger partial charge in [0.25, 0.3) is 0 Å². The van der Waals surface area contributed by atoms with E-state index in [0.29, 0.717) is 6.61 Å². The van der Waals surface area contributed by atoms with Gasteiger partial charge in [-0.05, 0) is 25.0 Å². The number of hydrogen-bond acceptors (Lipinski definition) is 5. The molecule has 4 nitrogen and oxygen atoms in total. The Kier molecular flexibility index (Phi) is 4.52. The molecule has 0 amide bonds. The van der Waals surface area contributed by atoms with Gasteiger partial charge in [0.15, 0.2) is 0 Å². The molecule has 114 valence electrons. The van der Waals surface area contributed by atoms with E-state index >= 15 is 0 Å². The second-order valence-corrected chi connectivity index (χ2v) is 6.55. The number of benzene rings is 1. The molecular weight excluding hydrogens is 284 g/mol. The van der Waals surface area contributed by atoms with Crippen LogP contribution in [0, 0.1) is 0 Å². The van der Waals surface area contributed by atoms with Gasteiger partial charge in [-0.1, -0.05) is 18.2 Å². The smallest absolute Gasteiger partial charge is 0.331 e. The molecule has 0 radical (unpaired) electrons. The fourth-order valence-electron chi connectivity index (χ4n) is 3.34. The summed E-state index contributed by atoms with van der Waals surface area (Å²) >= 11 is 1.84. The third-order valence-corrected chi connectivity index (χ3v) is 5.40. The highest BCUT2D eigenvalue weighted by molar-refractivity contribution is 7.99. The van der Waals surface area contributed by atoms with Crippen molar-refractivity contribution < 1.29 is 9.53 Å². The second kappa shape index (κ2) is 6.38. The van der Waals surface area contributed by atoms with Gasteiger partial charge in [-0.25, -0.2) is 4.79 Å². The zero-order chi connectivity index (χ0) is 14.7. The van der Waals surface area contributed by atoms with Crippen molar-refractivity contribution in [3.8, 4) is 0 Å². The maximum atomic E-state index is 12.9. The molecule has 0 aliphatic carbocycles. The van der Waals surface area contributed by atoms with E-state index in [9.17, 15) is 4.79 Å². The largest absolute Gasteiger partial charge is 0.464 e. The summed E-state index contributed by atoms with van der Waals surface area (Å²) in [6.07, 6.45) is 0.827. The number of ether oxygens (including phenoxy) is 1. The summed E-state index contributed by atoms with van der Waals surface area (Å²) in [5.41, 5.74) is 0.529. The lowest BCUT2D eigenvalue weighted by Crippen LogP contribution is -2.59. The number of piperazine rings is 1. The molecule has 0 saturated carbocycles. The van der Waals surface area contributed by atoms with Gasteiger partial charge in [0.1, 0.15) is 5.54 Å². The number of fused-ring (bicyclic) bond motifs is 1. The lowest BCUT2D eigenvalue weighted by Gasteiger charge is -2.46. The van der Waals surface area contributed by atoms with Gasteiger partial charge in [-0.3, -0.25) is 4.90 Å². The Morgan fingerprint density at radius 1 is 1.38 bits per heavy atom. The summed E-state index contributed by atoms with van der Waals surface area (Å²) in [5.74, 6) is 0.874. The average molecular weight is 306 g/mol. The van der Waals surface area contributed by atoms with Crippen LogP contribution in [0.1, 0.15) is 18.9 Å². The van der Waals surface area contributed by atoms with Gasteiger partial charge in [-0.2, -0.15) is 0 Å². The summed E-state index contributed by atoms with van der Waals surface area (Å²) < 4.78 is 5.48. The highest BCUT2D eigenvalue weighted by atomic mass is 32.2. The van der Waals surface area contributed by atoms with Crippen molar-refractivity contribution in [1.29, 1.82) is 0 Å². The van der Waals surface area contributed by atoms with E-state index in [4.69, 9.17) is 4.74 Å². The van der Waals surface area contributed by atoms with Crippen molar-refractivity contribution in [2.45, 2.75) is 23.8 Å². The van der Waals surface area contributed by atoms with Crippen LogP contribution in [0.5, 0.6) is 0 Å². The maximum absolute atomic E-state index is 12.9. The van der Waals surface area contributed by atoms with Crippen molar-refractivity contribution in [2.24, 2.45) is 0 Å². The summed E-state index contributed by atoms with van der Waals surface area (Å²) in [7, 11) is 0. The molecule has 3 rings (SSSR count). The molecule has 1 fully saturated rings. The molecular formula is C16H22N2O2S. The Hall–Kier alpha value is -1.04. The van der Waals surface area contributed by atoms with Crippen LogP contribution in [0.2, 0.25) is 0 Å². The average Bonchev–Trinajstić information content (AvgIpc) is 2.55. The monoisotopic (exact) mass is 306 g/mol. The lowest BCUT2D eigenvalue weighted by atomic mass is 9.84. The second-order valence-electron chi connectivity index (χ2n) is 5.41. The molecule has 1 saturated heterocycles. The van der Waals surface area contributed by atoms with Crippen LogP contribution in [0.25, 0.3) is 0 Å². The molecule has 1 aromatic rings. The molecule has 1 N–H and O–H groups in total. The molecule has 2 heterocycles. The van der Waals surface area contributed by atoms with E-state index < -0.39 is 5.54 Å². The first-order chi connectivity index (χ1) is 10.3. The van der Waals surface area contributed by atoms with Crippen molar-refractivity contribution in [3.63, 3.8) is 0 Å². The molecule has 2 aliphatic rings. The first kappa shape index (κ1) is 14.9. The van der Waals surface area contributed by atoms with Gasteiger partial charge < -0.3 is 10.1 Å². The third kappa shape index (κ3) is 2.58. The van der Waals surface area contributed by atoms with Crippen LogP contribution in [0.3, 0.4) is 0 Å². The van der Waals surface area contributed by atoms with Crippen molar-refractivity contribution in [3.05, 3.63) is 29.8 Å². The summed E-state index contributed by atoms with van der Waals surface area (Å²) in [6, 6.07) is 8.29. The number of nitrogens with zero attached hydrogens (tertiary/aromatic N) is 1. The van der Waals surface area contributed by atoms with Crippen LogP contribution in [0.15, 0.2) is 29.2 Å². The van der Waals surface area contributed by atoms with E-state index in [1.807, 2.05) is 30.8 Å². The molecule has 1 atom stereocenters. The minimum Gasteiger partial charge on any atom is -0.464 e. The summed E-state index contributed by atoms with van der Waals surface area (Å²) in [5, 5.41) is 3.37. The van der Waals surface area contributed by atoms with Crippen LogP contribution in [0.4, 0.5) is 0 Å². The number of rotatable bonds is 3. The molecule has 0 spiro atoms. The van der Waals surface area contributed by atoms with Crippen molar-refractivity contribution in [1.82, 2.24) is 10.2 Å². The fraction of sp³-hybridized carbons (Fsp3) is 0.562. The van der Waals surface area contributed by atoms with Gasteiger partial charge in [0, 0.05) is 36.8 Å². The predicted molar refractivity (Wildman–Crippen MR) is 84.5 cm³/mol. The van der Waals surface area contributed by atoms with E-state index in [-0.39, 0.29) is 5.97 Å². The fourth-order valence-corrected chi connectivity index (χ4v) is 4.53. The highest BCUT2D eigenvalue weighted by Gasteiger charge is 2.49. The Bertz CT molecular complexity index is 517. The Morgan fingerprint density at radius 2 is 2.14 bits per heavy atom. The van der Waals surface area contributed by atoms with Gasteiger partial charge >= 0.3 is 5.97 Å². The van der Waals surface area contributed by atoms with E-state index in [1.165, 1.54) is 4.90 Å². The Balaban J connectivity index is 2.06.